The first-order valence-corrected chi connectivity index (χ1v) is 40.3. The molecular weight excluding hydrogens is 1500 g/mol. The Labute approximate surface area is 652 Å². The van der Waals surface area contributed by atoms with E-state index in [2.05, 4.69) is 42.2 Å². The van der Waals surface area contributed by atoms with E-state index in [0.29, 0.717) is 140 Å². The fraction of sp³-hybridized carbons (Fsp3) is 0.722. The fourth-order valence-electron chi connectivity index (χ4n) is 13.1. The van der Waals surface area contributed by atoms with Crippen LogP contribution in [0.2, 0.25) is 0 Å². The Morgan fingerprint density at radius 2 is 1.30 bits per heavy atom. The van der Waals surface area contributed by atoms with Crippen molar-refractivity contribution >= 4 is 105 Å². The van der Waals surface area contributed by atoms with Crippen LogP contribution < -0.4 is 47.7 Å². The number of piperidine rings is 1. The van der Waals surface area contributed by atoms with Crippen molar-refractivity contribution in [1.82, 2.24) is 56.9 Å². The lowest BCUT2D eigenvalue weighted by Crippen LogP contribution is -2.61. The second-order valence-corrected chi connectivity index (χ2v) is 30.5. The van der Waals surface area contributed by atoms with E-state index < -0.39 is 182 Å². The highest BCUT2D eigenvalue weighted by Crippen LogP contribution is 2.39. The third kappa shape index (κ3) is 28.3. The van der Waals surface area contributed by atoms with Crippen LogP contribution in [0, 0.1) is 17.8 Å². The van der Waals surface area contributed by atoms with E-state index in [0.717, 1.165) is 4.90 Å². The summed E-state index contributed by atoms with van der Waals surface area (Å²) in [6, 6.07) is -6.48. The van der Waals surface area contributed by atoms with Gasteiger partial charge in [-0.1, -0.05) is 34.1 Å². The number of nitrogens with two attached hydrogens (primary N) is 1. The van der Waals surface area contributed by atoms with Crippen LogP contribution in [0.3, 0.4) is 0 Å². The number of ether oxygens (including phenoxy) is 9. The monoisotopic (exact) mass is 1610 g/mol. The first-order chi connectivity index (χ1) is 53.3. The molecule has 5 aliphatic rings. The number of aliphatic hydroxyl groups excluding tert-OH is 3. The molecule has 7 rings (SSSR count). The molecule has 622 valence electrons. The summed E-state index contributed by atoms with van der Waals surface area (Å²) in [6.07, 6.45) is -3.28. The van der Waals surface area contributed by atoms with Gasteiger partial charge in [-0.2, -0.15) is 11.8 Å². The molecule has 0 aliphatic carbocycles. The Kier molecular flexibility index (Phi) is 38.7. The number of likely N-dealkylation sites (tertiary alicyclic amines) is 2. The number of hydrogen-bond donors (Lipinski definition) is 12. The number of carbonyl (C=O) groups excluding carboxylic acids is 12. The molecule has 1 aromatic carbocycles. The van der Waals surface area contributed by atoms with E-state index in [-0.39, 0.29) is 91.0 Å². The van der Waals surface area contributed by atoms with E-state index in [4.69, 9.17) is 48.4 Å². The predicted molar refractivity (Wildman–Crippen MR) is 399 cm³/mol. The highest BCUT2D eigenvalue weighted by molar-refractivity contribution is 7.99. The van der Waals surface area contributed by atoms with Crippen molar-refractivity contribution in [3.05, 3.63) is 23.3 Å². The van der Waals surface area contributed by atoms with Crippen molar-refractivity contribution in [2.45, 2.75) is 156 Å². The van der Waals surface area contributed by atoms with Crippen LogP contribution in [-0.4, -0.2) is 329 Å². The SMILES string of the molecule is CC[C@H](C)[C@@H]1NC(=O)CCNC(=O)[C@@H]2Cc3c([nH]c4c(CSC5CCN(C(=O)CCOCCOCCOCCOCCOCCOCCOCCOCCN6C(=O)CC(C)C6=O)CC5)c(OC)ccc34)[S+]([O-])C[C@H](NC(=O)CNC1=O)C(=O)N[C@@H](CCC(N)=O)C(=O)N1C[C@H](O)C[C@H]1C(=O)N[C@@H]([C@@H](C)[C@@H](O)CO)C(=O)N2. The summed E-state index contributed by atoms with van der Waals surface area (Å²) in [5.41, 5.74) is 6.62. The van der Waals surface area contributed by atoms with Crippen LogP contribution in [-0.2, 0) is 119 Å². The number of methoxy groups -OCH3 is 1. The Balaban J connectivity index is 0.950. The number of aliphatic hydroxyl groups is 3. The van der Waals surface area contributed by atoms with Gasteiger partial charge >= 0.3 is 0 Å². The molecule has 37 nitrogen and oxygen atoms in total. The van der Waals surface area contributed by atoms with Gasteiger partial charge in [-0.05, 0) is 37.3 Å². The Bertz CT molecular complexity index is 3430. The molecule has 2 bridgehead atoms. The third-order valence-corrected chi connectivity index (χ3v) is 22.6. The number of nitrogens with one attached hydrogen (secondary N) is 8. The number of aromatic nitrogens is 1. The summed E-state index contributed by atoms with van der Waals surface area (Å²) in [5.74, 6) is -11.1. The minimum absolute atomic E-state index is 0.0271. The molecule has 3 saturated heterocycles. The lowest BCUT2D eigenvalue weighted by Gasteiger charge is -2.33. The zero-order valence-electron chi connectivity index (χ0n) is 63.9. The number of carbonyl (C=O) groups is 12. The Morgan fingerprint density at radius 1 is 0.694 bits per heavy atom. The smallest absolute Gasteiger partial charge is 0.248 e. The number of imide groups is 1. The Hall–Kier alpha value is -7.38. The van der Waals surface area contributed by atoms with Gasteiger partial charge in [0.05, 0.1) is 157 Å². The normalized spacial score (nSPS) is 24.0. The molecule has 12 amide bonds. The number of aromatic amines is 1. The average Bonchev–Trinajstić information content (AvgIpc) is 1.37. The third-order valence-electron chi connectivity index (χ3n) is 19.8. The van der Waals surface area contributed by atoms with Gasteiger partial charge in [0.15, 0.2) is 6.04 Å². The van der Waals surface area contributed by atoms with Gasteiger partial charge in [-0.25, -0.2) is 0 Å². The summed E-state index contributed by atoms with van der Waals surface area (Å²) in [4.78, 5) is 172. The number of hydrogen-bond acceptors (Lipinski definition) is 26. The van der Waals surface area contributed by atoms with Crippen LogP contribution in [0.15, 0.2) is 17.2 Å². The van der Waals surface area contributed by atoms with Crippen LogP contribution in [0.1, 0.15) is 96.6 Å². The predicted octanol–water partition coefficient (Wildman–Crippen LogP) is -3.69. The number of thioether (sulfide) groups is 1. The maximum atomic E-state index is 15.6. The van der Waals surface area contributed by atoms with E-state index in [1.165, 1.54) is 18.9 Å². The minimum Gasteiger partial charge on any atom is -0.610 e. The molecule has 0 saturated carbocycles. The van der Waals surface area contributed by atoms with Crippen LogP contribution in [0.25, 0.3) is 10.9 Å². The van der Waals surface area contributed by atoms with Gasteiger partial charge in [-0.3, -0.25) is 62.4 Å². The summed E-state index contributed by atoms with van der Waals surface area (Å²) >= 11 is -0.867. The number of nitrogens with zero attached hydrogens (tertiary/aromatic N) is 3. The van der Waals surface area contributed by atoms with Gasteiger partial charge in [0.25, 0.3) is 0 Å². The number of primary amides is 1. The molecule has 13 N–H and O–H groups in total. The quantitative estimate of drug-likeness (QED) is 0.0174. The van der Waals surface area contributed by atoms with Gasteiger partial charge in [0.1, 0.15) is 41.7 Å². The molecule has 39 heteroatoms. The van der Waals surface area contributed by atoms with Crippen molar-refractivity contribution in [3.63, 3.8) is 0 Å². The molecule has 3 fully saturated rings. The first kappa shape index (κ1) is 90.8. The zero-order chi connectivity index (χ0) is 80.5. The molecule has 12 atom stereocenters. The van der Waals surface area contributed by atoms with E-state index in [1.807, 2.05) is 0 Å². The number of H-pyrrole nitrogens is 1. The molecular formula is C72H112N12O25S2. The standard InChI is InChI=1S/C72H112N12O25S2/c1-6-43(2)62-68(96)75-38-59(90)76-53-42-111(100)70-49(37-52(65(93)74-15-11-58(89)79-62)78-69(97)63(45(4)55(87)40-85)80-67(95)54-36-46(86)39-84(54)72(99)51(77-66(53)94)8-10-57(73)88)48-7-9-56(101-5)50(64(48)81-70)41-110-47-12-16-82(17-13-47)60(91)14-19-102-21-23-104-25-27-106-29-31-108-33-34-109-32-30-107-28-26-105-24-22-103-20-18-83-61(92)35-44(3)71(83)98/h7,9,43-47,51-55,62-63,81,85-87H,6,8,10-42H2,1-5H3,(H2,73,88)(H,74,93)(H,75,96)(H,76,90)(H,77,94)(H,78,97)(H,79,89)(H,80,95)/t43-,44?,45-,46+,51-,52-,53-,54-,55-,62-,63-,111?/m0/s1. The largest absolute Gasteiger partial charge is 0.610 e. The molecule has 2 unspecified atom stereocenters. The fourth-order valence-corrected chi connectivity index (χ4v) is 15.7. The summed E-state index contributed by atoms with van der Waals surface area (Å²) in [6.45, 7) is 10.7. The lowest BCUT2D eigenvalue weighted by molar-refractivity contribution is -0.143. The van der Waals surface area contributed by atoms with Gasteiger partial charge < -0.3 is 120 Å². The molecule has 5 aliphatic heterocycles. The van der Waals surface area contributed by atoms with Crippen molar-refractivity contribution in [3.8, 4) is 5.75 Å². The van der Waals surface area contributed by atoms with E-state index in [1.54, 1.807) is 49.6 Å². The molecule has 1 aromatic heterocycles. The van der Waals surface area contributed by atoms with Crippen LogP contribution in [0.4, 0.5) is 0 Å². The Morgan fingerprint density at radius 3 is 1.86 bits per heavy atom. The number of rotatable bonds is 39. The number of fused-ring (bicyclic) bond motifs is 5. The van der Waals surface area contributed by atoms with Gasteiger partial charge in [-0.15, -0.1) is 0 Å². The van der Waals surface area contributed by atoms with Crippen molar-refractivity contribution in [1.29, 1.82) is 0 Å². The second kappa shape index (κ2) is 47.3. The topological polar surface area (TPSA) is 507 Å². The average molecular weight is 1610 g/mol. The van der Waals surface area contributed by atoms with E-state index in [9.17, 15) is 68.1 Å². The second-order valence-electron chi connectivity index (χ2n) is 27.8. The molecule has 0 radical (unpaired) electrons. The minimum atomic E-state index is -2.44. The highest BCUT2D eigenvalue weighted by Gasteiger charge is 2.46. The summed E-state index contributed by atoms with van der Waals surface area (Å²) < 4.78 is 65.9. The van der Waals surface area contributed by atoms with Gasteiger partial charge in [0, 0.05) is 109 Å². The number of benzene rings is 1. The molecule has 6 heterocycles. The molecule has 2 aromatic rings. The maximum Gasteiger partial charge on any atom is 0.248 e. The van der Waals surface area contributed by atoms with Crippen molar-refractivity contribution in [2.75, 3.05) is 164 Å². The van der Waals surface area contributed by atoms with Crippen LogP contribution >= 0.6 is 11.8 Å². The summed E-state index contributed by atoms with van der Waals surface area (Å²) in [5, 5.41) is 50.7. The number of amides is 12. The lowest BCUT2D eigenvalue weighted by atomic mass is 9.93. The maximum absolute atomic E-state index is 15.6. The highest BCUT2D eigenvalue weighted by atomic mass is 32.2. The zero-order valence-corrected chi connectivity index (χ0v) is 65.5. The first-order valence-electron chi connectivity index (χ1n) is 37.9. The molecule has 111 heavy (non-hydrogen) atoms. The van der Waals surface area contributed by atoms with Crippen molar-refractivity contribution in [2.24, 2.45) is 23.5 Å². The van der Waals surface area contributed by atoms with Crippen molar-refractivity contribution < 1.29 is 120 Å². The van der Waals surface area contributed by atoms with Crippen LogP contribution in [0.5, 0.6) is 5.75 Å². The van der Waals surface area contributed by atoms with E-state index >= 15 is 9.35 Å². The molecule has 0 spiro atoms. The van der Waals surface area contributed by atoms with Gasteiger partial charge in [0.2, 0.25) is 75.9 Å². The summed E-state index contributed by atoms with van der Waals surface area (Å²) in [7, 11) is 1.45.